The third-order valence-electron chi connectivity index (χ3n) is 2.85. The van der Waals surface area contributed by atoms with Crippen molar-refractivity contribution < 1.29 is 10.2 Å². The summed E-state index contributed by atoms with van der Waals surface area (Å²) in [6.07, 6.45) is 4.95. The second kappa shape index (κ2) is 5.58. The Bertz CT molecular complexity index is 137. The van der Waals surface area contributed by atoms with E-state index in [0.717, 1.165) is 5.92 Å². The fourth-order valence-corrected chi connectivity index (χ4v) is 2.08. The van der Waals surface area contributed by atoms with Crippen LogP contribution >= 0.6 is 0 Å². The van der Waals surface area contributed by atoms with Gasteiger partial charge in [-0.3, -0.25) is 0 Å². The van der Waals surface area contributed by atoms with Crippen LogP contribution in [0.15, 0.2) is 0 Å². The minimum absolute atomic E-state index is 0.0291. The van der Waals surface area contributed by atoms with Crippen LogP contribution in [0.4, 0.5) is 0 Å². The molecule has 3 N–H and O–H groups in total. The van der Waals surface area contributed by atoms with Crippen LogP contribution in [0.1, 0.15) is 32.6 Å². The highest BCUT2D eigenvalue weighted by Gasteiger charge is 2.20. The van der Waals surface area contributed by atoms with E-state index in [0.29, 0.717) is 6.04 Å². The number of aliphatic hydroxyl groups is 2. The minimum atomic E-state index is -0.129. The summed E-state index contributed by atoms with van der Waals surface area (Å²) in [5.41, 5.74) is 0. The first-order chi connectivity index (χ1) is 6.26. The topological polar surface area (TPSA) is 52.5 Å². The molecule has 1 fully saturated rings. The predicted molar refractivity (Wildman–Crippen MR) is 52.5 cm³/mol. The van der Waals surface area contributed by atoms with Gasteiger partial charge in [-0.1, -0.05) is 19.8 Å². The molecule has 0 spiro atoms. The minimum Gasteiger partial charge on any atom is -0.395 e. The SMILES string of the molecule is C[C@H]1CCC[C@@H](NC(CO)CO)C1. The van der Waals surface area contributed by atoms with E-state index in [2.05, 4.69) is 12.2 Å². The molecule has 0 aromatic carbocycles. The van der Waals surface area contributed by atoms with Crippen LogP contribution in [0.5, 0.6) is 0 Å². The van der Waals surface area contributed by atoms with Crippen molar-refractivity contribution in [3.05, 3.63) is 0 Å². The predicted octanol–water partition coefficient (Wildman–Crippen LogP) is 0.508. The second-order valence-electron chi connectivity index (χ2n) is 4.20. The van der Waals surface area contributed by atoms with E-state index in [1.165, 1.54) is 25.7 Å². The Morgan fingerprint density at radius 3 is 2.54 bits per heavy atom. The monoisotopic (exact) mass is 187 g/mol. The molecule has 0 aromatic heterocycles. The summed E-state index contributed by atoms with van der Waals surface area (Å²) in [5.74, 6) is 0.782. The Morgan fingerprint density at radius 1 is 1.31 bits per heavy atom. The van der Waals surface area contributed by atoms with E-state index in [1.54, 1.807) is 0 Å². The van der Waals surface area contributed by atoms with Gasteiger partial charge in [0.25, 0.3) is 0 Å². The summed E-state index contributed by atoms with van der Waals surface area (Å²) in [7, 11) is 0. The van der Waals surface area contributed by atoms with Crippen LogP contribution < -0.4 is 5.32 Å². The smallest absolute Gasteiger partial charge is 0.0607 e. The van der Waals surface area contributed by atoms with Gasteiger partial charge in [-0.05, 0) is 18.8 Å². The quantitative estimate of drug-likeness (QED) is 0.601. The Balaban J connectivity index is 2.26. The Morgan fingerprint density at radius 2 is 2.00 bits per heavy atom. The molecule has 78 valence electrons. The van der Waals surface area contributed by atoms with Crippen molar-refractivity contribution in [2.24, 2.45) is 5.92 Å². The second-order valence-corrected chi connectivity index (χ2v) is 4.20. The number of nitrogens with one attached hydrogen (secondary N) is 1. The van der Waals surface area contributed by atoms with Gasteiger partial charge in [0.05, 0.1) is 19.3 Å². The summed E-state index contributed by atoms with van der Waals surface area (Å²) in [4.78, 5) is 0. The molecule has 3 nitrogen and oxygen atoms in total. The van der Waals surface area contributed by atoms with Crippen LogP contribution in [0.2, 0.25) is 0 Å². The van der Waals surface area contributed by atoms with E-state index in [9.17, 15) is 0 Å². The Kier molecular flexibility index (Phi) is 4.70. The van der Waals surface area contributed by atoms with Crippen molar-refractivity contribution >= 4 is 0 Å². The van der Waals surface area contributed by atoms with Crippen molar-refractivity contribution in [2.45, 2.75) is 44.7 Å². The molecule has 0 bridgehead atoms. The first-order valence-electron chi connectivity index (χ1n) is 5.24. The van der Waals surface area contributed by atoms with Gasteiger partial charge in [0.15, 0.2) is 0 Å². The molecule has 0 saturated heterocycles. The molecule has 2 atom stereocenters. The summed E-state index contributed by atoms with van der Waals surface area (Å²) in [5, 5.41) is 21.1. The number of rotatable bonds is 4. The van der Waals surface area contributed by atoms with Crippen molar-refractivity contribution in [1.29, 1.82) is 0 Å². The van der Waals surface area contributed by atoms with Crippen LogP contribution in [0, 0.1) is 5.92 Å². The first kappa shape index (κ1) is 11.0. The van der Waals surface area contributed by atoms with Gasteiger partial charge in [0, 0.05) is 6.04 Å². The number of hydrogen-bond acceptors (Lipinski definition) is 3. The maximum absolute atomic E-state index is 8.90. The number of hydrogen-bond donors (Lipinski definition) is 3. The molecular weight excluding hydrogens is 166 g/mol. The van der Waals surface area contributed by atoms with Gasteiger partial charge in [0.1, 0.15) is 0 Å². The average molecular weight is 187 g/mol. The molecule has 0 amide bonds. The molecule has 1 rings (SSSR count). The molecule has 13 heavy (non-hydrogen) atoms. The lowest BCUT2D eigenvalue weighted by molar-refractivity contribution is 0.149. The van der Waals surface area contributed by atoms with Gasteiger partial charge < -0.3 is 15.5 Å². The summed E-state index contributed by atoms with van der Waals surface area (Å²) in [6, 6.07) is 0.364. The van der Waals surface area contributed by atoms with Crippen LogP contribution in [-0.4, -0.2) is 35.5 Å². The van der Waals surface area contributed by atoms with E-state index in [-0.39, 0.29) is 19.3 Å². The van der Waals surface area contributed by atoms with Gasteiger partial charge in [-0.25, -0.2) is 0 Å². The molecule has 1 aliphatic rings. The molecule has 0 heterocycles. The summed E-state index contributed by atoms with van der Waals surface area (Å²) < 4.78 is 0. The fraction of sp³-hybridized carbons (Fsp3) is 1.00. The van der Waals surface area contributed by atoms with Crippen LogP contribution in [0.3, 0.4) is 0 Å². The Labute approximate surface area is 80.2 Å². The van der Waals surface area contributed by atoms with Crippen molar-refractivity contribution in [2.75, 3.05) is 13.2 Å². The highest BCUT2D eigenvalue weighted by atomic mass is 16.3. The first-order valence-corrected chi connectivity index (χ1v) is 5.24. The van der Waals surface area contributed by atoms with Crippen LogP contribution in [-0.2, 0) is 0 Å². The average Bonchev–Trinajstić information content (AvgIpc) is 2.14. The summed E-state index contributed by atoms with van der Waals surface area (Å²) in [6.45, 7) is 2.32. The number of aliphatic hydroxyl groups excluding tert-OH is 2. The lowest BCUT2D eigenvalue weighted by atomic mass is 9.87. The molecule has 0 aliphatic heterocycles. The molecule has 0 unspecified atom stereocenters. The van der Waals surface area contributed by atoms with Gasteiger partial charge in [-0.2, -0.15) is 0 Å². The normalized spacial score (nSPS) is 29.5. The standard InChI is InChI=1S/C10H21NO2/c1-8-3-2-4-9(5-8)11-10(6-12)7-13/h8-13H,2-7H2,1H3/t8-,9+/m0/s1. The lowest BCUT2D eigenvalue weighted by Crippen LogP contribution is -2.44. The zero-order valence-corrected chi connectivity index (χ0v) is 8.37. The maximum Gasteiger partial charge on any atom is 0.0607 e. The zero-order valence-electron chi connectivity index (χ0n) is 8.37. The largest absolute Gasteiger partial charge is 0.395 e. The molecule has 0 radical (unpaired) electrons. The lowest BCUT2D eigenvalue weighted by Gasteiger charge is -2.30. The van der Waals surface area contributed by atoms with E-state index in [4.69, 9.17) is 10.2 Å². The third-order valence-corrected chi connectivity index (χ3v) is 2.85. The molecular formula is C10H21NO2. The van der Waals surface area contributed by atoms with Crippen molar-refractivity contribution in [3.8, 4) is 0 Å². The Hall–Kier alpha value is -0.120. The van der Waals surface area contributed by atoms with E-state index in [1.807, 2.05) is 0 Å². The highest BCUT2D eigenvalue weighted by Crippen LogP contribution is 2.23. The maximum atomic E-state index is 8.90. The zero-order chi connectivity index (χ0) is 9.68. The third kappa shape index (κ3) is 3.63. The van der Waals surface area contributed by atoms with Crippen LogP contribution in [0.25, 0.3) is 0 Å². The summed E-state index contributed by atoms with van der Waals surface area (Å²) >= 11 is 0. The molecule has 1 saturated carbocycles. The van der Waals surface area contributed by atoms with Gasteiger partial charge >= 0.3 is 0 Å². The highest BCUT2D eigenvalue weighted by molar-refractivity contribution is 4.79. The van der Waals surface area contributed by atoms with Crippen molar-refractivity contribution in [1.82, 2.24) is 5.32 Å². The fourth-order valence-electron chi connectivity index (χ4n) is 2.08. The van der Waals surface area contributed by atoms with E-state index < -0.39 is 0 Å². The van der Waals surface area contributed by atoms with Gasteiger partial charge in [-0.15, -0.1) is 0 Å². The molecule has 1 aliphatic carbocycles. The molecule has 0 aromatic rings. The van der Waals surface area contributed by atoms with Crippen molar-refractivity contribution in [3.63, 3.8) is 0 Å². The molecule has 3 heteroatoms. The van der Waals surface area contributed by atoms with E-state index >= 15 is 0 Å². The van der Waals surface area contributed by atoms with Gasteiger partial charge in [0.2, 0.25) is 0 Å².